The number of nitrogen functional groups attached to an aromatic ring is 1. The van der Waals surface area contributed by atoms with Gasteiger partial charge in [-0.15, -0.1) is 0 Å². The van der Waals surface area contributed by atoms with Gasteiger partial charge in [-0.05, 0) is 13.8 Å². The van der Waals surface area contributed by atoms with Gasteiger partial charge in [0.15, 0.2) is 0 Å². The Balaban J connectivity index is 2.04. The summed E-state index contributed by atoms with van der Waals surface area (Å²) in [5, 5.41) is 4.01. The molecule has 1 saturated heterocycles. The van der Waals surface area contributed by atoms with Crippen LogP contribution >= 0.6 is 0 Å². The Morgan fingerprint density at radius 2 is 2.41 bits per heavy atom. The number of ether oxygens (including phenoxy) is 1. The van der Waals surface area contributed by atoms with E-state index < -0.39 is 0 Å². The fourth-order valence-electron chi connectivity index (χ4n) is 2.01. The highest BCUT2D eigenvalue weighted by Gasteiger charge is 2.33. The Morgan fingerprint density at radius 1 is 1.65 bits per heavy atom. The summed E-state index contributed by atoms with van der Waals surface area (Å²) in [6.07, 6.45) is 3.20. The standard InChI is InChI=1S/C11H18N4O2/c1-11(2)8-17-4-3-15(11)10(16)7-14-6-9(12)5-13-14/h5-6H,3-4,7-8,12H2,1-2H3. The lowest BCUT2D eigenvalue weighted by Gasteiger charge is -2.42. The van der Waals surface area contributed by atoms with Gasteiger partial charge >= 0.3 is 0 Å². The molecule has 94 valence electrons. The topological polar surface area (TPSA) is 73.4 Å². The average Bonchev–Trinajstić information content (AvgIpc) is 2.63. The summed E-state index contributed by atoms with van der Waals surface area (Å²) in [7, 11) is 0. The maximum Gasteiger partial charge on any atom is 0.244 e. The monoisotopic (exact) mass is 238 g/mol. The molecule has 6 nitrogen and oxygen atoms in total. The van der Waals surface area contributed by atoms with Crippen LogP contribution in [0, 0.1) is 0 Å². The molecule has 0 spiro atoms. The van der Waals surface area contributed by atoms with E-state index >= 15 is 0 Å². The van der Waals surface area contributed by atoms with Crippen LogP contribution in [0.15, 0.2) is 12.4 Å². The van der Waals surface area contributed by atoms with E-state index in [4.69, 9.17) is 10.5 Å². The highest BCUT2D eigenvalue weighted by atomic mass is 16.5. The molecule has 0 atom stereocenters. The second kappa shape index (κ2) is 4.37. The molecule has 0 radical (unpaired) electrons. The molecular weight excluding hydrogens is 220 g/mol. The van der Waals surface area contributed by atoms with E-state index in [0.717, 1.165) is 0 Å². The third-order valence-corrected chi connectivity index (χ3v) is 2.90. The number of hydrogen-bond acceptors (Lipinski definition) is 4. The lowest BCUT2D eigenvalue weighted by Crippen LogP contribution is -2.56. The van der Waals surface area contributed by atoms with Crippen molar-refractivity contribution in [1.29, 1.82) is 0 Å². The molecule has 1 aromatic rings. The number of nitrogens with two attached hydrogens (primary N) is 1. The number of hydrogen-bond donors (Lipinski definition) is 1. The van der Waals surface area contributed by atoms with E-state index in [1.54, 1.807) is 10.9 Å². The van der Waals surface area contributed by atoms with Gasteiger partial charge in [-0.25, -0.2) is 0 Å². The largest absolute Gasteiger partial charge is 0.396 e. The SMILES string of the molecule is CC1(C)COCCN1C(=O)Cn1cc(N)cn1. The molecule has 1 aliphatic rings. The Bertz CT molecular complexity index is 413. The van der Waals surface area contributed by atoms with E-state index in [0.29, 0.717) is 25.4 Å². The summed E-state index contributed by atoms with van der Waals surface area (Å²) in [6, 6.07) is 0. The predicted octanol–water partition coefficient (Wildman–Crippen LogP) is 0.103. The zero-order valence-corrected chi connectivity index (χ0v) is 10.2. The lowest BCUT2D eigenvalue weighted by molar-refractivity contribution is -0.147. The van der Waals surface area contributed by atoms with Gasteiger partial charge in [0.25, 0.3) is 0 Å². The molecule has 1 aromatic heterocycles. The molecule has 2 rings (SSSR count). The molecule has 1 aliphatic heterocycles. The second-order valence-electron chi connectivity index (χ2n) is 4.88. The molecule has 1 fully saturated rings. The van der Waals surface area contributed by atoms with Crippen molar-refractivity contribution in [2.24, 2.45) is 0 Å². The number of aromatic nitrogens is 2. The zero-order valence-electron chi connectivity index (χ0n) is 10.2. The minimum atomic E-state index is -0.256. The first-order chi connectivity index (χ1) is 7.99. The predicted molar refractivity (Wildman–Crippen MR) is 63.3 cm³/mol. The van der Waals surface area contributed by atoms with E-state index in [1.807, 2.05) is 18.7 Å². The number of carbonyl (C=O) groups is 1. The van der Waals surface area contributed by atoms with Gasteiger partial charge in [-0.2, -0.15) is 5.10 Å². The van der Waals surface area contributed by atoms with Crippen molar-refractivity contribution in [2.75, 3.05) is 25.5 Å². The summed E-state index contributed by atoms with van der Waals surface area (Å²) in [5.74, 6) is 0.0430. The Kier molecular flexibility index (Phi) is 3.06. The van der Waals surface area contributed by atoms with Gasteiger partial charge in [-0.3, -0.25) is 9.48 Å². The third-order valence-electron chi connectivity index (χ3n) is 2.90. The highest BCUT2D eigenvalue weighted by Crippen LogP contribution is 2.19. The van der Waals surface area contributed by atoms with Crippen LogP contribution in [0.2, 0.25) is 0 Å². The van der Waals surface area contributed by atoms with Gasteiger partial charge in [0.1, 0.15) is 6.54 Å². The summed E-state index contributed by atoms with van der Waals surface area (Å²) in [6.45, 7) is 6.02. The second-order valence-corrected chi connectivity index (χ2v) is 4.88. The maximum absolute atomic E-state index is 12.2. The van der Waals surface area contributed by atoms with E-state index in [9.17, 15) is 4.79 Å². The Hall–Kier alpha value is -1.56. The quantitative estimate of drug-likeness (QED) is 0.793. The molecule has 6 heteroatoms. The number of anilines is 1. The van der Waals surface area contributed by atoms with E-state index in [1.165, 1.54) is 6.20 Å². The molecule has 0 saturated carbocycles. The number of nitrogens with zero attached hydrogens (tertiary/aromatic N) is 3. The van der Waals surface area contributed by atoms with Crippen LogP contribution in [-0.2, 0) is 16.1 Å². The number of carbonyl (C=O) groups excluding carboxylic acids is 1. The van der Waals surface area contributed by atoms with Gasteiger partial charge in [-0.1, -0.05) is 0 Å². The van der Waals surface area contributed by atoms with Crippen molar-refractivity contribution in [1.82, 2.24) is 14.7 Å². The van der Waals surface area contributed by atoms with Crippen molar-refractivity contribution in [2.45, 2.75) is 25.9 Å². The van der Waals surface area contributed by atoms with E-state index in [-0.39, 0.29) is 18.0 Å². The fourth-order valence-corrected chi connectivity index (χ4v) is 2.01. The molecule has 0 bridgehead atoms. The molecule has 0 unspecified atom stereocenters. The normalized spacial score (nSPS) is 19.3. The average molecular weight is 238 g/mol. The van der Waals surface area contributed by atoms with Crippen LogP contribution in [0.3, 0.4) is 0 Å². The van der Waals surface area contributed by atoms with Crippen LogP contribution in [0.1, 0.15) is 13.8 Å². The molecule has 0 aliphatic carbocycles. The van der Waals surface area contributed by atoms with Gasteiger partial charge in [0.2, 0.25) is 5.91 Å². The first-order valence-electron chi connectivity index (χ1n) is 5.65. The van der Waals surface area contributed by atoms with Gasteiger partial charge < -0.3 is 15.4 Å². The van der Waals surface area contributed by atoms with Crippen LogP contribution in [0.5, 0.6) is 0 Å². The maximum atomic E-state index is 12.2. The summed E-state index contributed by atoms with van der Waals surface area (Å²) < 4.78 is 6.94. The Labute approximate surface area is 100 Å². The summed E-state index contributed by atoms with van der Waals surface area (Å²) in [5.41, 5.74) is 5.87. The van der Waals surface area contributed by atoms with Crippen molar-refractivity contribution in [3.63, 3.8) is 0 Å². The fraction of sp³-hybridized carbons (Fsp3) is 0.636. The van der Waals surface area contributed by atoms with Crippen molar-refractivity contribution < 1.29 is 9.53 Å². The molecule has 17 heavy (non-hydrogen) atoms. The summed E-state index contributed by atoms with van der Waals surface area (Å²) >= 11 is 0. The van der Waals surface area contributed by atoms with Gasteiger partial charge in [0, 0.05) is 12.7 Å². The van der Waals surface area contributed by atoms with Crippen LogP contribution in [-0.4, -0.2) is 45.9 Å². The van der Waals surface area contributed by atoms with Gasteiger partial charge in [0.05, 0.1) is 30.6 Å². The van der Waals surface area contributed by atoms with Crippen LogP contribution in [0.4, 0.5) is 5.69 Å². The first-order valence-corrected chi connectivity index (χ1v) is 5.65. The minimum Gasteiger partial charge on any atom is -0.396 e. The molecule has 2 heterocycles. The number of amides is 1. The van der Waals surface area contributed by atoms with Crippen LogP contribution < -0.4 is 5.73 Å². The van der Waals surface area contributed by atoms with E-state index in [2.05, 4.69) is 5.10 Å². The minimum absolute atomic E-state index is 0.0430. The molecule has 0 aromatic carbocycles. The van der Waals surface area contributed by atoms with Crippen molar-refractivity contribution in [3.8, 4) is 0 Å². The van der Waals surface area contributed by atoms with Crippen molar-refractivity contribution in [3.05, 3.63) is 12.4 Å². The summed E-state index contributed by atoms with van der Waals surface area (Å²) in [4.78, 5) is 14.0. The molecular formula is C11H18N4O2. The number of rotatable bonds is 2. The lowest BCUT2D eigenvalue weighted by atomic mass is 10.0. The molecule has 1 amide bonds. The highest BCUT2D eigenvalue weighted by molar-refractivity contribution is 5.77. The Morgan fingerprint density at radius 3 is 3.00 bits per heavy atom. The van der Waals surface area contributed by atoms with Crippen molar-refractivity contribution >= 4 is 11.6 Å². The third kappa shape index (κ3) is 2.58. The van der Waals surface area contributed by atoms with Crippen LogP contribution in [0.25, 0.3) is 0 Å². The molecule has 2 N–H and O–H groups in total. The zero-order chi connectivity index (χ0) is 12.5. The first kappa shape index (κ1) is 11.9. The number of morpholine rings is 1. The smallest absolute Gasteiger partial charge is 0.244 e.